The van der Waals surface area contributed by atoms with Crippen LogP contribution in [0.3, 0.4) is 0 Å². The second-order valence-electron chi connectivity index (χ2n) is 9.89. The lowest BCUT2D eigenvalue weighted by atomic mass is 10.0. The Hall–Kier alpha value is -4.23. The van der Waals surface area contributed by atoms with E-state index < -0.39 is 0 Å². The molecule has 192 valence electrons. The van der Waals surface area contributed by atoms with E-state index in [1.54, 1.807) is 13.4 Å². The molecule has 3 aromatic carbocycles. The number of likely N-dealkylation sites (N-methyl/N-ethyl adjacent to an activating group) is 1. The highest BCUT2D eigenvalue weighted by Crippen LogP contribution is 2.30. The van der Waals surface area contributed by atoms with Crippen LogP contribution in [0.15, 0.2) is 85.5 Å². The van der Waals surface area contributed by atoms with E-state index in [1.165, 1.54) is 16.8 Å². The zero-order valence-corrected chi connectivity index (χ0v) is 21.9. The van der Waals surface area contributed by atoms with E-state index in [0.717, 1.165) is 72.9 Å². The van der Waals surface area contributed by atoms with Crippen molar-refractivity contribution in [3.8, 4) is 17.0 Å². The average molecular weight is 505 g/mol. The lowest BCUT2D eigenvalue weighted by Crippen LogP contribution is -2.44. The highest BCUT2D eigenvalue weighted by atomic mass is 16.5. The van der Waals surface area contributed by atoms with E-state index in [0.29, 0.717) is 0 Å². The summed E-state index contributed by atoms with van der Waals surface area (Å²) < 4.78 is 7.80. The number of imidazole rings is 1. The highest BCUT2D eigenvalue weighted by Gasteiger charge is 2.18. The van der Waals surface area contributed by atoms with Gasteiger partial charge in [-0.2, -0.15) is 0 Å². The van der Waals surface area contributed by atoms with Crippen molar-refractivity contribution in [1.29, 1.82) is 0 Å². The fourth-order valence-electron chi connectivity index (χ4n) is 5.26. The number of anilines is 1. The molecule has 7 heteroatoms. The standard InChI is InChI=1S/C31H32N6O/c1-35-13-15-36(16-14-35)29-12-11-23(17-24(29)20-37-22-34-27-8-4-5-9-30(27)37)18-25-19-28(33-21-32-25)26-7-3-6-10-31(26)38-2/h3-12,17,19,21-22H,13-16,18,20H2,1-2H3. The van der Waals surface area contributed by atoms with Crippen LogP contribution in [-0.2, 0) is 13.0 Å². The fourth-order valence-corrected chi connectivity index (χ4v) is 5.26. The van der Waals surface area contributed by atoms with E-state index in [2.05, 4.69) is 78.8 Å². The second kappa shape index (κ2) is 10.6. The van der Waals surface area contributed by atoms with Crippen LogP contribution in [0.1, 0.15) is 16.8 Å². The summed E-state index contributed by atoms with van der Waals surface area (Å²) in [7, 11) is 3.88. The highest BCUT2D eigenvalue weighted by molar-refractivity contribution is 5.75. The van der Waals surface area contributed by atoms with Gasteiger partial charge in [0.05, 0.1) is 36.7 Å². The summed E-state index contributed by atoms with van der Waals surface area (Å²) in [6.45, 7) is 4.97. The molecule has 0 atom stereocenters. The normalized spacial score (nSPS) is 14.2. The summed E-state index contributed by atoms with van der Waals surface area (Å²) >= 11 is 0. The van der Waals surface area contributed by atoms with Gasteiger partial charge in [-0.15, -0.1) is 0 Å². The predicted molar refractivity (Wildman–Crippen MR) is 152 cm³/mol. The quantitative estimate of drug-likeness (QED) is 0.315. The Morgan fingerprint density at radius 3 is 2.53 bits per heavy atom. The van der Waals surface area contributed by atoms with Crippen molar-refractivity contribution in [2.45, 2.75) is 13.0 Å². The Labute approximate surface area is 223 Å². The Bertz CT molecular complexity index is 1550. The minimum atomic E-state index is 0.728. The Morgan fingerprint density at radius 1 is 0.842 bits per heavy atom. The van der Waals surface area contributed by atoms with Gasteiger partial charge in [0, 0.05) is 49.5 Å². The van der Waals surface area contributed by atoms with Crippen LogP contribution < -0.4 is 9.64 Å². The van der Waals surface area contributed by atoms with Crippen LogP contribution in [0, 0.1) is 0 Å². The van der Waals surface area contributed by atoms with Crippen LogP contribution in [0.4, 0.5) is 5.69 Å². The maximum atomic E-state index is 5.56. The number of piperazine rings is 1. The van der Waals surface area contributed by atoms with E-state index in [1.807, 2.05) is 36.7 Å². The van der Waals surface area contributed by atoms with Gasteiger partial charge < -0.3 is 19.1 Å². The molecule has 0 saturated carbocycles. The maximum Gasteiger partial charge on any atom is 0.128 e. The van der Waals surface area contributed by atoms with Gasteiger partial charge in [-0.1, -0.05) is 36.4 Å². The Morgan fingerprint density at radius 2 is 1.66 bits per heavy atom. The third-order valence-electron chi connectivity index (χ3n) is 7.35. The van der Waals surface area contributed by atoms with E-state index in [4.69, 9.17) is 4.74 Å². The molecule has 0 N–H and O–H groups in total. The SMILES string of the molecule is COc1ccccc1-c1cc(Cc2ccc(N3CCN(C)CC3)c(Cn3cnc4ccccc43)c2)ncn1. The zero-order valence-electron chi connectivity index (χ0n) is 21.9. The lowest BCUT2D eigenvalue weighted by Gasteiger charge is -2.35. The topological polar surface area (TPSA) is 59.3 Å². The van der Waals surface area contributed by atoms with Crippen LogP contribution in [0.25, 0.3) is 22.3 Å². The summed E-state index contributed by atoms with van der Waals surface area (Å²) in [5, 5.41) is 0. The van der Waals surface area contributed by atoms with Gasteiger partial charge in [0.1, 0.15) is 12.1 Å². The third kappa shape index (κ3) is 4.97. The minimum absolute atomic E-state index is 0.728. The van der Waals surface area contributed by atoms with Crippen molar-refractivity contribution in [1.82, 2.24) is 24.4 Å². The summed E-state index contributed by atoms with van der Waals surface area (Å²) in [5.41, 5.74) is 8.82. The molecule has 0 unspecified atom stereocenters. The van der Waals surface area contributed by atoms with Crippen molar-refractivity contribution in [3.63, 3.8) is 0 Å². The molecule has 0 aliphatic carbocycles. The molecular formula is C31H32N6O. The minimum Gasteiger partial charge on any atom is -0.496 e. The molecule has 2 aromatic heterocycles. The largest absolute Gasteiger partial charge is 0.496 e. The molecule has 7 nitrogen and oxygen atoms in total. The van der Waals surface area contributed by atoms with Gasteiger partial charge in [-0.25, -0.2) is 15.0 Å². The predicted octanol–water partition coefficient (Wildman–Crippen LogP) is 4.89. The second-order valence-corrected chi connectivity index (χ2v) is 9.89. The number of nitrogens with zero attached hydrogens (tertiary/aromatic N) is 6. The molecule has 38 heavy (non-hydrogen) atoms. The summed E-state index contributed by atoms with van der Waals surface area (Å²) in [4.78, 5) is 18.7. The van der Waals surface area contributed by atoms with Crippen molar-refractivity contribution in [3.05, 3.63) is 102 Å². The van der Waals surface area contributed by atoms with Crippen molar-refractivity contribution in [2.75, 3.05) is 45.2 Å². The number of methoxy groups -OCH3 is 1. The number of benzene rings is 3. The molecular weight excluding hydrogens is 472 g/mol. The van der Waals surface area contributed by atoms with Crippen molar-refractivity contribution < 1.29 is 4.74 Å². The molecule has 0 bridgehead atoms. The Kier molecular flexibility index (Phi) is 6.75. The number of fused-ring (bicyclic) bond motifs is 1. The molecule has 1 fully saturated rings. The maximum absolute atomic E-state index is 5.56. The van der Waals surface area contributed by atoms with E-state index >= 15 is 0 Å². The molecule has 0 amide bonds. The summed E-state index contributed by atoms with van der Waals surface area (Å²) in [6.07, 6.45) is 4.33. The number of aromatic nitrogens is 4. The molecule has 6 rings (SSSR count). The number of hydrogen-bond acceptors (Lipinski definition) is 6. The first-order chi connectivity index (χ1) is 18.7. The monoisotopic (exact) mass is 504 g/mol. The van der Waals surface area contributed by atoms with E-state index in [-0.39, 0.29) is 0 Å². The van der Waals surface area contributed by atoms with Gasteiger partial charge in [-0.05, 0) is 54.6 Å². The van der Waals surface area contributed by atoms with Crippen LogP contribution in [-0.4, -0.2) is 64.8 Å². The molecule has 1 aliphatic rings. The summed E-state index contributed by atoms with van der Waals surface area (Å²) in [6, 6.07) is 25.2. The first kappa shape index (κ1) is 24.1. The molecule has 1 aliphatic heterocycles. The van der Waals surface area contributed by atoms with Crippen LogP contribution >= 0.6 is 0 Å². The molecule has 0 spiro atoms. The summed E-state index contributed by atoms with van der Waals surface area (Å²) in [5.74, 6) is 0.809. The van der Waals surface area contributed by atoms with Gasteiger partial charge in [0.15, 0.2) is 0 Å². The fraction of sp³-hybridized carbons (Fsp3) is 0.258. The lowest BCUT2D eigenvalue weighted by molar-refractivity contribution is 0.312. The van der Waals surface area contributed by atoms with E-state index in [9.17, 15) is 0 Å². The van der Waals surface area contributed by atoms with Gasteiger partial charge in [0.25, 0.3) is 0 Å². The Balaban J connectivity index is 1.33. The number of hydrogen-bond donors (Lipinski definition) is 0. The van der Waals surface area contributed by atoms with Crippen molar-refractivity contribution in [2.24, 2.45) is 0 Å². The van der Waals surface area contributed by atoms with Crippen molar-refractivity contribution >= 4 is 16.7 Å². The number of ether oxygens (including phenoxy) is 1. The smallest absolute Gasteiger partial charge is 0.128 e. The first-order valence-electron chi connectivity index (χ1n) is 13.1. The number of para-hydroxylation sites is 3. The van der Waals surface area contributed by atoms with Crippen LogP contribution in [0.2, 0.25) is 0 Å². The third-order valence-corrected chi connectivity index (χ3v) is 7.35. The van der Waals surface area contributed by atoms with Crippen LogP contribution in [0.5, 0.6) is 5.75 Å². The average Bonchev–Trinajstić information content (AvgIpc) is 3.37. The molecule has 1 saturated heterocycles. The number of rotatable bonds is 7. The molecule has 3 heterocycles. The molecule has 0 radical (unpaired) electrons. The van der Waals surface area contributed by atoms with Gasteiger partial charge in [-0.3, -0.25) is 0 Å². The molecule has 5 aromatic rings. The van der Waals surface area contributed by atoms with Gasteiger partial charge in [0.2, 0.25) is 0 Å². The zero-order chi connectivity index (χ0) is 25.9. The first-order valence-corrected chi connectivity index (χ1v) is 13.1. The van der Waals surface area contributed by atoms with Gasteiger partial charge >= 0.3 is 0 Å².